The highest BCUT2D eigenvalue weighted by atomic mass is 32.2. The van der Waals surface area contributed by atoms with Crippen molar-refractivity contribution in [1.82, 2.24) is 15.5 Å². The van der Waals surface area contributed by atoms with E-state index in [-0.39, 0.29) is 29.5 Å². The summed E-state index contributed by atoms with van der Waals surface area (Å²) in [5, 5.41) is 6.60. The Bertz CT molecular complexity index is 805. The van der Waals surface area contributed by atoms with E-state index in [0.29, 0.717) is 12.5 Å². The fourth-order valence-electron chi connectivity index (χ4n) is 4.44. The van der Waals surface area contributed by atoms with Crippen molar-refractivity contribution in [2.45, 2.75) is 49.6 Å². The predicted molar refractivity (Wildman–Crippen MR) is 110 cm³/mol. The van der Waals surface area contributed by atoms with Crippen molar-refractivity contribution in [2.75, 3.05) is 25.6 Å². The van der Waals surface area contributed by atoms with E-state index in [4.69, 9.17) is 9.47 Å². The van der Waals surface area contributed by atoms with E-state index in [1.165, 1.54) is 6.42 Å². The molecular weight excluding hydrogens is 390 g/mol. The summed E-state index contributed by atoms with van der Waals surface area (Å²) in [4.78, 5) is 27.1. The normalized spacial score (nSPS) is 25.1. The molecular formula is C21H27N3O4S. The molecule has 156 valence electrons. The van der Waals surface area contributed by atoms with Crippen LogP contribution < -0.4 is 20.1 Å². The van der Waals surface area contributed by atoms with Gasteiger partial charge < -0.3 is 19.7 Å². The van der Waals surface area contributed by atoms with Crippen molar-refractivity contribution in [3.63, 3.8) is 0 Å². The summed E-state index contributed by atoms with van der Waals surface area (Å²) in [7, 11) is 0. The molecule has 4 aliphatic rings. The lowest BCUT2D eigenvalue weighted by Gasteiger charge is -2.41. The first-order valence-electron chi connectivity index (χ1n) is 10.5. The van der Waals surface area contributed by atoms with E-state index in [9.17, 15) is 9.59 Å². The lowest BCUT2D eigenvalue weighted by Crippen LogP contribution is -2.55. The van der Waals surface area contributed by atoms with Gasteiger partial charge in [-0.25, -0.2) is 0 Å². The monoisotopic (exact) mass is 417 g/mol. The first-order valence-corrected chi connectivity index (χ1v) is 11.5. The Balaban J connectivity index is 1.11. The molecule has 1 atom stereocenters. The summed E-state index contributed by atoms with van der Waals surface area (Å²) < 4.78 is 10.7. The number of hydrogen-bond acceptors (Lipinski definition) is 6. The number of carbonyl (C=O) groups excluding carboxylic acids is 2. The summed E-state index contributed by atoms with van der Waals surface area (Å²) in [5.41, 5.74) is 0.991. The quantitative estimate of drug-likeness (QED) is 0.779. The Morgan fingerprint density at radius 1 is 1.21 bits per heavy atom. The van der Waals surface area contributed by atoms with Crippen LogP contribution >= 0.6 is 11.8 Å². The number of benzene rings is 1. The first-order chi connectivity index (χ1) is 14.1. The molecule has 1 unspecified atom stereocenters. The molecule has 2 saturated heterocycles. The van der Waals surface area contributed by atoms with Crippen LogP contribution in [-0.2, 0) is 16.1 Å². The van der Waals surface area contributed by atoms with Gasteiger partial charge in [0.1, 0.15) is 0 Å². The smallest absolute Gasteiger partial charge is 0.238 e. The highest BCUT2D eigenvalue weighted by Gasteiger charge is 2.45. The predicted octanol–water partition coefficient (Wildman–Crippen LogP) is 1.86. The third-order valence-corrected chi connectivity index (χ3v) is 8.10. The summed E-state index contributed by atoms with van der Waals surface area (Å²) in [6.07, 6.45) is 5.11. The number of hydrogen-bond donors (Lipinski definition) is 2. The molecule has 3 heterocycles. The number of piperidine rings is 1. The molecule has 5 rings (SSSR count). The molecule has 0 radical (unpaired) electrons. The van der Waals surface area contributed by atoms with Gasteiger partial charge in [-0.05, 0) is 43.4 Å². The zero-order valence-electron chi connectivity index (χ0n) is 16.4. The molecule has 0 aromatic heterocycles. The molecule has 8 heteroatoms. The molecule has 2 amide bonds. The highest BCUT2D eigenvalue weighted by molar-refractivity contribution is 8.01. The zero-order valence-corrected chi connectivity index (χ0v) is 17.3. The molecule has 1 aromatic rings. The number of rotatable bonds is 4. The number of nitrogens with zero attached hydrogens (tertiary/aromatic N) is 1. The van der Waals surface area contributed by atoms with Gasteiger partial charge in [-0.3, -0.25) is 14.9 Å². The van der Waals surface area contributed by atoms with Crippen molar-refractivity contribution >= 4 is 23.6 Å². The van der Waals surface area contributed by atoms with Gasteiger partial charge in [0.15, 0.2) is 11.5 Å². The van der Waals surface area contributed by atoms with Gasteiger partial charge in [-0.1, -0.05) is 12.5 Å². The molecule has 1 aromatic carbocycles. The number of amides is 2. The minimum atomic E-state index is -0.192. The second-order valence-electron chi connectivity index (χ2n) is 8.36. The summed E-state index contributed by atoms with van der Waals surface area (Å²) in [6, 6.07) is 5.54. The van der Waals surface area contributed by atoms with Crippen LogP contribution in [0.4, 0.5) is 0 Å². The Morgan fingerprint density at radius 3 is 2.76 bits per heavy atom. The second kappa shape index (κ2) is 7.72. The summed E-state index contributed by atoms with van der Waals surface area (Å²) >= 11 is 1.84. The van der Waals surface area contributed by atoms with Crippen LogP contribution in [0, 0.1) is 5.92 Å². The van der Waals surface area contributed by atoms with Gasteiger partial charge in [-0.2, -0.15) is 0 Å². The van der Waals surface area contributed by atoms with E-state index in [1.54, 1.807) is 0 Å². The van der Waals surface area contributed by atoms with Gasteiger partial charge >= 0.3 is 0 Å². The minimum Gasteiger partial charge on any atom is -0.454 e. The second-order valence-corrected chi connectivity index (χ2v) is 9.76. The van der Waals surface area contributed by atoms with Crippen molar-refractivity contribution in [1.29, 1.82) is 0 Å². The van der Waals surface area contributed by atoms with Gasteiger partial charge in [0.25, 0.3) is 0 Å². The van der Waals surface area contributed by atoms with Gasteiger partial charge in [0.2, 0.25) is 18.6 Å². The number of carbonyl (C=O) groups is 2. The maximum absolute atomic E-state index is 12.7. The lowest BCUT2D eigenvalue weighted by atomic mass is 9.84. The molecule has 1 saturated carbocycles. The van der Waals surface area contributed by atoms with Crippen LogP contribution in [0.25, 0.3) is 0 Å². The van der Waals surface area contributed by atoms with Crippen LogP contribution in [0.5, 0.6) is 11.5 Å². The maximum Gasteiger partial charge on any atom is 0.238 e. The van der Waals surface area contributed by atoms with Crippen molar-refractivity contribution in [2.24, 2.45) is 5.92 Å². The number of likely N-dealkylation sites (tertiary alicyclic amines) is 1. The largest absolute Gasteiger partial charge is 0.454 e. The topological polar surface area (TPSA) is 79.9 Å². The van der Waals surface area contributed by atoms with E-state index in [1.807, 2.05) is 34.9 Å². The molecule has 29 heavy (non-hydrogen) atoms. The van der Waals surface area contributed by atoms with Crippen molar-refractivity contribution in [3.05, 3.63) is 23.8 Å². The van der Waals surface area contributed by atoms with Crippen LogP contribution in [-0.4, -0.2) is 53.3 Å². The molecule has 0 bridgehead atoms. The number of nitrogens with one attached hydrogen (secondary N) is 2. The van der Waals surface area contributed by atoms with Gasteiger partial charge in [-0.15, -0.1) is 11.8 Å². The summed E-state index contributed by atoms with van der Waals surface area (Å²) in [5.74, 6) is 2.88. The third-order valence-electron chi connectivity index (χ3n) is 6.52. The number of thioether (sulfide) groups is 1. The average Bonchev–Trinajstić information content (AvgIpc) is 3.32. The van der Waals surface area contributed by atoms with E-state index in [0.717, 1.165) is 61.6 Å². The van der Waals surface area contributed by atoms with Crippen molar-refractivity contribution < 1.29 is 19.1 Å². The van der Waals surface area contributed by atoms with Gasteiger partial charge in [0.05, 0.1) is 10.9 Å². The van der Waals surface area contributed by atoms with E-state index >= 15 is 0 Å². The van der Waals surface area contributed by atoms with Crippen molar-refractivity contribution in [3.8, 4) is 11.5 Å². The average molecular weight is 418 g/mol. The first kappa shape index (κ1) is 19.1. The standard InChI is InChI=1S/C21H27N3O4S/c25-19(22-11-14-4-5-17-18(10-14)28-13-27-17)16-12-29-21(23-16)6-8-24(9-7-21)20(26)15-2-1-3-15/h4-5,10,15-16,23H,1-3,6-9,11-13H2,(H,22,25). The minimum absolute atomic E-state index is 0.0278. The molecule has 2 N–H and O–H groups in total. The molecule has 3 fully saturated rings. The molecule has 1 spiro atoms. The fourth-order valence-corrected chi connectivity index (χ4v) is 5.86. The maximum atomic E-state index is 12.7. The molecule has 1 aliphatic carbocycles. The van der Waals surface area contributed by atoms with Crippen LogP contribution in [0.2, 0.25) is 0 Å². The Kier molecular flexibility index (Phi) is 5.07. The molecule has 7 nitrogen and oxygen atoms in total. The Hall–Kier alpha value is -1.93. The van der Waals surface area contributed by atoms with E-state index < -0.39 is 0 Å². The van der Waals surface area contributed by atoms with Gasteiger partial charge in [0, 0.05) is 31.3 Å². The van der Waals surface area contributed by atoms with E-state index in [2.05, 4.69) is 10.6 Å². The Labute approximate surface area is 174 Å². The zero-order chi connectivity index (χ0) is 19.8. The number of ether oxygens (including phenoxy) is 2. The third kappa shape index (κ3) is 3.80. The highest BCUT2D eigenvalue weighted by Crippen LogP contribution is 2.40. The van der Waals surface area contributed by atoms with Crippen LogP contribution in [0.15, 0.2) is 18.2 Å². The van der Waals surface area contributed by atoms with Crippen LogP contribution in [0.1, 0.15) is 37.7 Å². The van der Waals surface area contributed by atoms with Crippen LogP contribution in [0.3, 0.4) is 0 Å². The number of fused-ring (bicyclic) bond motifs is 1. The fraction of sp³-hybridized carbons (Fsp3) is 0.619. The Morgan fingerprint density at radius 2 is 2.00 bits per heavy atom. The SMILES string of the molecule is O=C(NCc1ccc2c(c1)OCO2)C1CSC2(CCN(C(=O)C3CCC3)CC2)N1. The lowest BCUT2D eigenvalue weighted by molar-refractivity contribution is -0.139. The summed E-state index contributed by atoms with van der Waals surface area (Å²) in [6.45, 7) is 2.30. The molecule has 3 aliphatic heterocycles.